The van der Waals surface area contributed by atoms with Crippen molar-refractivity contribution in [3.05, 3.63) is 22.7 Å². The number of benzene rings is 1. The molecule has 138 valence electrons. The van der Waals surface area contributed by atoms with Crippen LogP contribution in [0.3, 0.4) is 0 Å². The van der Waals surface area contributed by atoms with Gasteiger partial charge in [0.25, 0.3) is 0 Å². The third kappa shape index (κ3) is 4.22. The molecule has 0 aliphatic carbocycles. The number of piperidine rings is 1. The van der Waals surface area contributed by atoms with E-state index in [4.69, 9.17) is 25.8 Å². The molecule has 5 nitrogen and oxygen atoms in total. The number of rotatable bonds is 4. The van der Waals surface area contributed by atoms with Gasteiger partial charge in [-0.2, -0.15) is 0 Å². The summed E-state index contributed by atoms with van der Waals surface area (Å²) < 4.78 is 16.8. The van der Waals surface area contributed by atoms with E-state index in [0.29, 0.717) is 30.0 Å². The molecule has 0 spiro atoms. The van der Waals surface area contributed by atoms with Crippen molar-refractivity contribution in [2.45, 2.75) is 31.8 Å². The van der Waals surface area contributed by atoms with E-state index in [1.165, 1.54) is 24.8 Å². The maximum atomic E-state index is 6.41. The first kappa shape index (κ1) is 17.4. The monoisotopic (exact) mass is 366 g/mol. The normalized spacial score (nSPS) is 25.1. The number of nitrogens with zero attached hydrogens (tertiary/aromatic N) is 2. The van der Waals surface area contributed by atoms with Crippen molar-refractivity contribution < 1.29 is 14.2 Å². The molecule has 3 aliphatic rings. The molecule has 2 saturated heterocycles. The summed E-state index contributed by atoms with van der Waals surface area (Å²) in [4.78, 5) is 5.16. The van der Waals surface area contributed by atoms with Crippen molar-refractivity contribution in [1.29, 1.82) is 0 Å². The number of morpholine rings is 1. The van der Waals surface area contributed by atoms with Crippen LogP contribution in [0.25, 0.3) is 0 Å². The average Bonchev–Trinajstić information content (AvgIpc) is 2.64. The molecular formula is C19H27ClN2O3. The van der Waals surface area contributed by atoms with Gasteiger partial charge in [-0.3, -0.25) is 9.80 Å². The second kappa shape index (κ2) is 8.12. The fourth-order valence-electron chi connectivity index (χ4n) is 4.05. The van der Waals surface area contributed by atoms with Crippen molar-refractivity contribution in [2.75, 3.05) is 52.6 Å². The first-order chi connectivity index (χ1) is 12.3. The number of fused-ring (bicyclic) bond motifs is 1. The molecule has 0 amide bonds. The summed E-state index contributed by atoms with van der Waals surface area (Å²) in [6.45, 7) is 8.22. The van der Waals surface area contributed by atoms with Crippen LogP contribution in [0, 0.1) is 0 Å². The van der Waals surface area contributed by atoms with Gasteiger partial charge in [-0.25, -0.2) is 0 Å². The van der Waals surface area contributed by atoms with Crippen LogP contribution < -0.4 is 9.47 Å². The Balaban J connectivity index is 1.45. The molecule has 1 unspecified atom stereocenters. The molecule has 1 atom stereocenters. The Morgan fingerprint density at radius 2 is 1.84 bits per heavy atom. The van der Waals surface area contributed by atoms with Gasteiger partial charge in [-0.05, 0) is 37.1 Å². The van der Waals surface area contributed by atoms with Crippen LogP contribution in [-0.4, -0.2) is 68.4 Å². The third-order valence-electron chi connectivity index (χ3n) is 5.36. The highest BCUT2D eigenvalue weighted by molar-refractivity contribution is 6.32. The molecular weight excluding hydrogens is 340 g/mol. The summed E-state index contributed by atoms with van der Waals surface area (Å²) in [5.74, 6) is 1.48. The van der Waals surface area contributed by atoms with E-state index in [9.17, 15) is 0 Å². The van der Waals surface area contributed by atoms with Crippen molar-refractivity contribution in [2.24, 2.45) is 0 Å². The predicted octanol–water partition coefficient (Wildman–Crippen LogP) is 2.80. The number of hydrogen-bond acceptors (Lipinski definition) is 5. The molecule has 3 heterocycles. The van der Waals surface area contributed by atoms with E-state index in [1.54, 1.807) is 0 Å². The lowest BCUT2D eigenvalue weighted by molar-refractivity contribution is 0.0153. The summed E-state index contributed by atoms with van der Waals surface area (Å²) in [7, 11) is 0. The second-order valence-electron chi connectivity index (χ2n) is 7.13. The minimum Gasteiger partial charge on any atom is -0.486 e. The molecule has 1 aromatic rings. The maximum absolute atomic E-state index is 6.41. The largest absolute Gasteiger partial charge is 0.486 e. The lowest BCUT2D eigenvalue weighted by atomic mass is 10.00. The summed E-state index contributed by atoms with van der Waals surface area (Å²) in [6.07, 6.45) is 3.88. The molecule has 0 bridgehead atoms. The molecule has 6 heteroatoms. The van der Waals surface area contributed by atoms with Gasteiger partial charge in [0.1, 0.15) is 13.2 Å². The standard InChI is InChI=1S/C19H27ClN2O3/c20-17-11-15(12-18-19(17)25-10-9-24-18)13-22-4-2-1-3-16(22)14-21-5-7-23-8-6-21/h11-12,16H,1-10,13-14H2. The summed E-state index contributed by atoms with van der Waals surface area (Å²) in [5, 5.41) is 0.661. The Morgan fingerprint density at radius 1 is 1.00 bits per heavy atom. The van der Waals surface area contributed by atoms with Gasteiger partial charge in [0, 0.05) is 32.2 Å². The SMILES string of the molecule is Clc1cc(CN2CCCCC2CN2CCOCC2)cc2c1OCCO2. The molecule has 25 heavy (non-hydrogen) atoms. The van der Waals surface area contributed by atoms with Crippen LogP contribution in [0.4, 0.5) is 0 Å². The minimum absolute atomic E-state index is 0.569. The topological polar surface area (TPSA) is 34.2 Å². The molecule has 1 aromatic carbocycles. The van der Waals surface area contributed by atoms with E-state index in [0.717, 1.165) is 51.7 Å². The molecule has 0 radical (unpaired) electrons. The zero-order valence-electron chi connectivity index (χ0n) is 14.7. The summed E-state index contributed by atoms with van der Waals surface area (Å²) in [5.41, 5.74) is 1.21. The first-order valence-corrected chi connectivity index (χ1v) is 9.79. The van der Waals surface area contributed by atoms with Crippen LogP contribution in [0.1, 0.15) is 24.8 Å². The van der Waals surface area contributed by atoms with Crippen LogP contribution in [0.15, 0.2) is 12.1 Å². The highest BCUT2D eigenvalue weighted by Gasteiger charge is 2.26. The third-order valence-corrected chi connectivity index (χ3v) is 5.64. The minimum atomic E-state index is 0.569. The second-order valence-corrected chi connectivity index (χ2v) is 7.54. The molecule has 2 fully saturated rings. The molecule has 0 saturated carbocycles. The fourth-order valence-corrected chi connectivity index (χ4v) is 4.33. The number of halogens is 1. The highest BCUT2D eigenvalue weighted by atomic mass is 35.5. The van der Waals surface area contributed by atoms with Gasteiger partial charge in [0.05, 0.1) is 18.2 Å². The van der Waals surface area contributed by atoms with Gasteiger partial charge in [0.2, 0.25) is 0 Å². The zero-order chi connectivity index (χ0) is 17.1. The maximum Gasteiger partial charge on any atom is 0.179 e. The zero-order valence-corrected chi connectivity index (χ0v) is 15.5. The van der Waals surface area contributed by atoms with Crippen LogP contribution >= 0.6 is 11.6 Å². The van der Waals surface area contributed by atoms with E-state index in [-0.39, 0.29) is 0 Å². The summed E-state index contributed by atoms with van der Waals surface area (Å²) >= 11 is 6.41. The van der Waals surface area contributed by atoms with Gasteiger partial charge in [-0.1, -0.05) is 18.0 Å². The summed E-state index contributed by atoms with van der Waals surface area (Å²) in [6, 6.07) is 4.75. The van der Waals surface area contributed by atoms with E-state index < -0.39 is 0 Å². The Labute approximate surface area is 154 Å². The van der Waals surface area contributed by atoms with Crippen molar-refractivity contribution in [1.82, 2.24) is 9.80 Å². The molecule has 0 aromatic heterocycles. The average molecular weight is 367 g/mol. The van der Waals surface area contributed by atoms with Crippen molar-refractivity contribution in [3.8, 4) is 11.5 Å². The van der Waals surface area contributed by atoms with Gasteiger partial charge >= 0.3 is 0 Å². The van der Waals surface area contributed by atoms with Gasteiger partial charge in [-0.15, -0.1) is 0 Å². The smallest absolute Gasteiger partial charge is 0.179 e. The van der Waals surface area contributed by atoms with Crippen molar-refractivity contribution in [3.63, 3.8) is 0 Å². The number of likely N-dealkylation sites (tertiary alicyclic amines) is 1. The predicted molar refractivity (Wildman–Crippen MR) is 97.8 cm³/mol. The van der Waals surface area contributed by atoms with Gasteiger partial charge in [0.15, 0.2) is 11.5 Å². The van der Waals surface area contributed by atoms with E-state index in [2.05, 4.69) is 15.9 Å². The fraction of sp³-hybridized carbons (Fsp3) is 0.684. The van der Waals surface area contributed by atoms with Gasteiger partial charge < -0.3 is 14.2 Å². The van der Waals surface area contributed by atoms with Crippen LogP contribution in [-0.2, 0) is 11.3 Å². The first-order valence-electron chi connectivity index (χ1n) is 9.42. The van der Waals surface area contributed by atoms with E-state index >= 15 is 0 Å². The van der Waals surface area contributed by atoms with Crippen LogP contribution in [0.2, 0.25) is 5.02 Å². The Hall–Kier alpha value is -1.01. The van der Waals surface area contributed by atoms with Crippen LogP contribution in [0.5, 0.6) is 11.5 Å². The Morgan fingerprint density at radius 3 is 2.72 bits per heavy atom. The van der Waals surface area contributed by atoms with Crippen molar-refractivity contribution >= 4 is 11.6 Å². The lowest BCUT2D eigenvalue weighted by Gasteiger charge is -2.39. The quantitative estimate of drug-likeness (QED) is 0.818. The van der Waals surface area contributed by atoms with E-state index in [1.807, 2.05) is 6.07 Å². The number of ether oxygens (including phenoxy) is 3. The lowest BCUT2D eigenvalue weighted by Crippen LogP contribution is -2.49. The highest BCUT2D eigenvalue weighted by Crippen LogP contribution is 2.39. The molecule has 3 aliphatic heterocycles. The number of hydrogen-bond donors (Lipinski definition) is 0. The Bertz CT molecular complexity index is 592. The molecule has 4 rings (SSSR count). The molecule has 0 N–H and O–H groups in total. The Kier molecular flexibility index (Phi) is 5.66.